The number of nitrogens with zero attached hydrogens (tertiary/aromatic N) is 2. The van der Waals surface area contributed by atoms with E-state index in [0.717, 1.165) is 0 Å². The van der Waals surface area contributed by atoms with Gasteiger partial charge in [-0.1, -0.05) is 25.1 Å². The summed E-state index contributed by atoms with van der Waals surface area (Å²) in [4.78, 5) is 19.1. The van der Waals surface area contributed by atoms with E-state index in [9.17, 15) is 4.79 Å². The number of aryl methyl sites for hydroxylation is 1. The van der Waals surface area contributed by atoms with Gasteiger partial charge in [-0.05, 0) is 18.6 Å². The molecule has 0 radical (unpaired) electrons. The van der Waals surface area contributed by atoms with E-state index in [1.54, 1.807) is 18.2 Å². The van der Waals surface area contributed by atoms with Crippen LogP contribution in [0.25, 0.3) is 6.08 Å². The zero-order valence-electron chi connectivity index (χ0n) is 15.0. The summed E-state index contributed by atoms with van der Waals surface area (Å²) < 4.78 is 11.4. The summed E-state index contributed by atoms with van der Waals surface area (Å²) in [6, 6.07) is 7.24. The largest absolute Gasteiger partial charge is 0.493 e. The summed E-state index contributed by atoms with van der Waals surface area (Å²) >= 11 is 0. The molecule has 0 bridgehead atoms. The van der Waals surface area contributed by atoms with Gasteiger partial charge in [0.25, 0.3) is 5.91 Å². The number of carbonyl (C=O) groups is 1. The van der Waals surface area contributed by atoms with Gasteiger partial charge in [-0.3, -0.25) is 10.0 Å². The topological polar surface area (TPSA) is 146 Å². The van der Waals surface area contributed by atoms with Gasteiger partial charge in [0, 0.05) is 18.1 Å². The normalized spacial score (nSPS) is 10.7. The highest BCUT2D eigenvalue weighted by molar-refractivity contribution is 5.91. The summed E-state index contributed by atoms with van der Waals surface area (Å²) in [5.41, 5.74) is 14.4. The molecule has 9 nitrogen and oxygen atoms in total. The summed E-state index contributed by atoms with van der Waals surface area (Å²) in [6.07, 6.45) is 3.99. The van der Waals surface area contributed by atoms with Crippen molar-refractivity contribution in [3.05, 3.63) is 41.6 Å². The van der Waals surface area contributed by atoms with Gasteiger partial charge in [0.2, 0.25) is 5.95 Å². The summed E-state index contributed by atoms with van der Waals surface area (Å²) in [7, 11) is 0. The van der Waals surface area contributed by atoms with Crippen molar-refractivity contribution in [2.75, 3.05) is 24.7 Å². The number of aromatic nitrogens is 2. The van der Waals surface area contributed by atoms with Gasteiger partial charge in [-0.2, -0.15) is 4.98 Å². The predicted octanol–water partition coefficient (Wildman–Crippen LogP) is 1.57. The molecular weight excluding hydrogens is 350 g/mol. The van der Waals surface area contributed by atoms with Crippen molar-refractivity contribution in [2.24, 2.45) is 0 Å². The zero-order chi connectivity index (χ0) is 19.6. The Hall–Kier alpha value is -3.33. The van der Waals surface area contributed by atoms with Crippen LogP contribution in [0.5, 0.6) is 11.5 Å². The molecule has 0 aliphatic carbocycles. The molecule has 2 aromatic rings. The maximum absolute atomic E-state index is 11.1. The summed E-state index contributed by atoms with van der Waals surface area (Å²) in [6.45, 7) is 2.70. The van der Waals surface area contributed by atoms with E-state index in [4.69, 9.17) is 26.1 Å². The summed E-state index contributed by atoms with van der Waals surface area (Å²) in [5.74, 6) is 0.792. The molecule has 0 fully saturated rings. The van der Waals surface area contributed by atoms with Crippen molar-refractivity contribution in [1.82, 2.24) is 15.4 Å². The van der Waals surface area contributed by atoms with Crippen molar-refractivity contribution < 1.29 is 19.5 Å². The number of carbonyl (C=O) groups excluding carboxylic acids is 1. The monoisotopic (exact) mass is 373 g/mol. The van der Waals surface area contributed by atoms with Crippen molar-refractivity contribution in [3.8, 4) is 11.5 Å². The van der Waals surface area contributed by atoms with E-state index in [1.165, 1.54) is 11.6 Å². The average molecular weight is 373 g/mol. The molecule has 6 N–H and O–H groups in total. The Morgan fingerprint density at radius 2 is 1.96 bits per heavy atom. The number of amides is 1. The molecular formula is C18H23N5O4. The minimum Gasteiger partial charge on any atom is -0.493 e. The number of ether oxygens (including phenoxy) is 2. The Kier molecular flexibility index (Phi) is 7.38. The Morgan fingerprint density at radius 3 is 2.70 bits per heavy atom. The Balaban J connectivity index is 1.88. The molecule has 0 unspecified atom stereocenters. The summed E-state index contributed by atoms with van der Waals surface area (Å²) in [5, 5.41) is 8.53. The maximum atomic E-state index is 11.1. The van der Waals surface area contributed by atoms with Crippen molar-refractivity contribution in [1.29, 1.82) is 0 Å². The molecule has 2 rings (SSSR count). The molecule has 0 aliphatic rings. The fourth-order valence-corrected chi connectivity index (χ4v) is 2.30. The lowest BCUT2D eigenvalue weighted by Crippen LogP contribution is -2.14. The molecule has 1 heterocycles. The number of rotatable bonds is 9. The van der Waals surface area contributed by atoms with E-state index in [1.807, 2.05) is 19.1 Å². The molecule has 0 aliphatic heterocycles. The van der Waals surface area contributed by atoms with Crippen LogP contribution in [-0.2, 0) is 11.2 Å². The number of nitrogen functional groups attached to an aromatic ring is 2. The van der Waals surface area contributed by atoms with Gasteiger partial charge in [0.1, 0.15) is 5.75 Å². The van der Waals surface area contributed by atoms with Crippen LogP contribution in [0.3, 0.4) is 0 Å². The van der Waals surface area contributed by atoms with Crippen LogP contribution < -0.4 is 26.4 Å². The fourth-order valence-electron chi connectivity index (χ4n) is 2.30. The average Bonchev–Trinajstić information content (AvgIpc) is 2.67. The van der Waals surface area contributed by atoms with Crippen LogP contribution in [0.1, 0.15) is 24.6 Å². The Labute approximate surface area is 157 Å². The molecule has 1 aromatic carbocycles. The van der Waals surface area contributed by atoms with Gasteiger partial charge >= 0.3 is 0 Å². The minimum atomic E-state index is -0.617. The van der Waals surface area contributed by atoms with Crippen LogP contribution in [0.2, 0.25) is 0 Å². The Morgan fingerprint density at radius 1 is 1.22 bits per heavy atom. The minimum absolute atomic E-state index is 0.125. The van der Waals surface area contributed by atoms with E-state index in [2.05, 4.69) is 9.97 Å². The lowest BCUT2D eigenvalue weighted by atomic mass is 10.2. The quantitative estimate of drug-likeness (QED) is 0.224. The Bertz CT molecular complexity index is 810. The number of para-hydroxylation sites is 1. The number of nitrogens with one attached hydrogen (secondary N) is 1. The third-order valence-corrected chi connectivity index (χ3v) is 3.55. The number of nitrogens with two attached hydrogens (primary N) is 2. The number of hydrogen-bond donors (Lipinski definition) is 4. The maximum Gasteiger partial charge on any atom is 0.267 e. The first-order chi connectivity index (χ1) is 13.0. The molecule has 144 valence electrons. The lowest BCUT2D eigenvalue weighted by Gasteiger charge is -2.13. The van der Waals surface area contributed by atoms with Crippen molar-refractivity contribution in [3.63, 3.8) is 0 Å². The molecule has 0 saturated heterocycles. The first kappa shape index (κ1) is 20.0. The van der Waals surface area contributed by atoms with Gasteiger partial charge in [0.15, 0.2) is 11.6 Å². The van der Waals surface area contributed by atoms with Gasteiger partial charge in [-0.15, -0.1) is 0 Å². The zero-order valence-corrected chi connectivity index (χ0v) is 15.0. The van der Waals surface area contributed by atoms with Crippen LogP contribution in [0.4, 0.5) is 11.8 Å². The van der Waals surface area contributed by atoms with Crippen LogP contribution in [0, 0.1) is 0 Å². The second-order valence-electron chi connectivity index (χ2n) is 5.49. The fraction of sp³-hybridized carbons (Fsp3) is 0.278. The second-order valence-corrected chi connectivity index (χ2v) is 5.49. The third kappa shape index (κ3) is 5.86. The van der Waals surface area contributed by atoms with Gasteiger partial charge in [0.05, 0.1) is 18.9 Å². The molecule has 0 atom stereocenters. The molecule has 0 saturated carbocycles. The molecule has 1 aromatic heterocycles. The predicted molar refractivity (Wildman–Crippen MR) is 101 cm³/mol. The number of hydroxylamine groups is 1. The SMILES string of the molecule is CCc1nc(N)nc(N)c1OCCCOc1ccccc1C=CC(=O)NO. The second kappa shape index (κ2) is 9.97. The smallest absolute Gasteiger partial charge is 0.267 e. The first-order valence-electron chi connectivity index (χ1n) is 8.43. The van der Waals surface area contributed by atoms with Crippen LogP contribution >= 0.6 is 0 Å². The number of benzene rings is 1. The number of hydrogen-bond acceptors (Lipinski definition) is 8. The molecule has 1 amide bonds. The van der Waals surface area contributed by atoms with Crippen LogP contribution in [-0.4, -0.2) is 34.3 Å². The first-order valence-corrected chi connectivity index (χ1v) is 8.43. The highest BCUT2D eigenvalue weighted by Gasteiger charge is 2.11. The third-order valence-electron chi connectivity index (χ3n) is 3.55. The van der Waals surface area contributed by atoms with Crippen LogP contribution in [0.15, 0.2) is 30.3 Å². The van der Waals surface area contributed by atoms with Crippen molar-refractivity contribution >= 4 is 23.7 Å². The van der Waals surface area contributed by atoms with E-state index >= 15 is 0 Å². The lowest BCUT2D eigenvalue weighted by molar-refractivity contribution is -0.124. The van der Waals surface area contributed by atoms with Crippen molar-refractivity contribution in [2.45, 2.75) is 19.8 Å². The van der Waals surface area contributed by atoms with E-state index in [-0.39, 0.29) is 11.8 Å². The molecule has 27 heavy (non-hydrogen) atoms. The molecule has 9 heteroatoms. The molecule has 0 spiro atoms. The van der Waals surface area contributed by atoms with E-state index < -0.39 is 5.91 Å². The van der Waals surface area contributed by atoms with Gasteiger partial charge < -0.3 is 20.9 Å². The standard InChI is InChI=1S/C18H23N5O4/c1-2-13-16(17(19)22-18(20)21-13)27-11-5-10-26-14-7-4-3-6-12(14)8-9-15(24)23-25/h3-4,6-9,25H,2,5,10-11H2,1H3,(H,23,24)(H4,19,20,21,22). The van der Waals surface area contributed by atoms with Gasteiger partial charge in [-0.25, -0.2) is 10.5 Å². The number of anilines is 2. The highest BCUT2D eigenvalue weighted by atomic mass is 16.5. The van der Waals surface area contributed by atoms with E-state index in [0.29, 0.717) is 48.8 Å². The highest BCUT2D eigenvalue weighted by Crippen LogP contribution is 2.25.